The summed E-state index contributed by atoms with van der Waals surface area (Å²) in [6, 6.07) is 9.03. The molecule has 4 rings (SSSR count). The zero-order valence-corrected chi connectivity index (χ0v) is 15.4. The number of aromatic nitrogens is 3. The SMILES string of the molecule is Cn1ccnc1C(=O)C1CCCN(c2noc(-c3ccccc3)c2C(=O)O)C1. The van der Waals surface area contributed by atoms with Crippen LogP contribution in [-0.4, -0.2) is 44.7 Å². The molecule has 1 aliphatic rings. The van der Waals surface area contributed by atoms with E-state index in [0.717, 1.165) is 12.8 Å². The van der Waals surface area contributed by atoms with Gasteiger partial charge in [-0.15, -0.1) is 0 Å². The van der Waals surface area contributed by atoms with Gasteiger partial charge in [-0.1, -0.05) is 35.5 Å². The van der Waals surface area contributed by atoms with Crippen molar-refractivity contribution in [1.82, 2.24) is 14.7 Å². The molecular weight excluding hydrogens is 360 g/mol. The Morgan fingerprint density at radius 1 is 1.25 bits per heavy atom. The number of piperidine rings is 1. The molecule has 2 aromatic heterocycles. The molecule has 1 fully saturated rings. The maximum Gasteiger partial charge on any atom is 0.343 e. The Hall–Kier alpha value is -3.42. The summed E-state index contributed by atoms with van der Waals surface area (Å²) in [5, 5.41) is 13.8. The number of imidazole rings is 1. The minimum absolute atomic E-state index is 0.0243. The summed E-state index contributed by atoms with van der Waals surface area (Å²) in [7, 11) is 1.78. The predicted molar refractivity (Wildman–Crippen MR) is 101 cm³/mol. The van der Waals surface area contributed by atoms with Crippen LogP contribution in [0.25, 0.3) is 11.3 Å². The third-order valence-corrected chi connectivity index (χ3v) is 5.06. The number of aryl methyl sites for hydroxylation is 1. The lowest BCUT2D eigenvalue weighted by Gasteiger charge is -2.31. The third kappa shape index (κ3) is 3.17. The molecule has 1 atom stereocenters. The molecule has 0 spiro atoms. The van der Waals surface area contributed by atoms with Crippen LogP contribution in [0.1, 0.15) is 33.8 Å². The first kappa shape index (κ1) is 18.0. The second-order valence-corrected chi connectivity index (χ2v) is 6.89. The van der Waals surface area contributed by atoms with Gasteiger partial charge in [-0.25, -0.2) is 9.78 Å². The Balaban J connectivity index is 1.64. The van der Waals surface area contributed by atoms with Crippen molar-refractivity contribution < 1.29 is 19.2 Å². The molecule has 8 nitrogen and oxygen atoms in total. The van der Waals surface area contributed by atoms with Gasteiger partial charge < -0.3 is 19.1 Å². The van der Waals surface area contributed by atoms with Gasteiger partial charge in [0.15, 0.2) is 23.0 Å². The lowest BCUT2D eigenvalue weighted by atomic mass is 9.93. The molecule has 1 unspecified atom stereocenters. The Morgan fingerprint density at radius 3 is 2.71 bits per heavy atom. The number of nitrogens with zero attached hydrogens (tertiary/aromatic N) is 4. The Kier molecular flexibility index (Phi) is 4.68. The highest BCUT2D eigenvalue weighted by molar-refractivity contribution is 6.00. The first-order valence-corrected chi connectivity index (χ1v) is 9.11. The molecule has 3 heterocycles. The van der Waals surface area contributed by atoms with Crippen LogP contribution in [0.15, 0.2) is 47.2 Å². The number of rotatable bonds is 5. The van der Waals surface area contributed by atoms with Crippen LogP contribution in [0.4, 0.5) is 5.82 Å². The van der Waals surface area contributed by atoms with E-state index >= 15 is 0 Å². The smallest absolute Gasteiger partial charge is 0.343 e. The predicted octanol–water partition coefficient (Wildman–Crippen LogP) is 2.87. The van der Waals surface area contributed by atoms with Crippen LogP contribution in [0.3, 0.4) is 0 Å². The van der Waals surface area contributed by atoms with Crippen molar-refractivity contribution >= 4 is 17.6 Å². The number of ketones is 1. The van der Waals surface area contributed by atoms with Crippen molar-refractivity contribution in [3.05, 3.63) is 54.1 Å². The van der Waals surface area contributed by atoms with Crippen LogP contribution < -0.4 is 4.90 Å². The standard InChI is InChI=1S/C20H20N4O4/c1-23-11-9-21-19(23)16(25)14-8-5-10-24(12-14)18-15(20(26)27)17(28-22-18)13-6-3-2-4-7-13/h2-4,6-7,9,11,14H,5,8,10,12H2,1H3,(H,26,27). The maximum atomic E-state index is 12.8. The van der Waals surface area contributed by atoms with Crippen molar-refractivity contribution in [2.75, 3.05) is 18.0 Å². The van der Waals surface area contributed by atoms with E-state index in [9.17, 15) is 14.7 Å². The van der Waals surface area contributed by atoms with Crippen molar-refractivity contribution in [1.29, 1.82) is 0 Å². The topological polar surface area (TPSA) is 101 Å². The molecule has 0 radical (unpaired) electrons. The summed E-state index contributed by atoms with van der Waals surface area (Å²) in [4.78, 5) is 30.8. The number of carboxylic acids is 1. The number of Topliss-reactive ketones (excluding diaryl/α,β-unsaturated/α-hetero) is 1. The summed E-state index contributed by atoms with van der Waals surface area (Å²) in [6.45, 7) is 0.998. The van der Waals surface area contributed by atoms with Gasteiger partial charge in [-0.2, -0.15) is 0 Å². The number of benzene rings is 1. The van der Waals surface area contributed by atoms with E-state index in [1.165, 1.54) is 0 Å². The molecule has 1 aromatic carbocycles. The van der Waals surface area contributed by atoms with Crippen molar-refractivity contribution in [2.24, 2.45) is 13.0 Å². The quantitative estimate of drug-likeness (QED) is 0.679. The van der Waals surface area contributed by atoms with Gasteiger partial charge in [0.25, 0.3) is 0 Å². The van der Waals surface area contributed by atoms with E-state index in [0.29, 0.717) is 24.5 Å². The Bertz CT molecular complexity index is 1010. The molecule has 0 amide bonds. The van der Waals surface area contributed by atoms with Crippen LogP contribution in [0, 0.1) is 5.92 Å². The van der Waals surface area contributed by atoms with E-state index in [1.807, 2.05) is 23.1 Å². The highest BCUT2D eigenvalue weighted by atomic mass is 16.5. The zero-order chi connectivity index (χ0) is 19.7. The first-order chi connectivity index (χ1) is 13.6. The maximum absolute atomic E-state index is 12.8. The molecule has 28 heavy (non-hydrogen) atoms. The largest absolute Gasteiger partial charge is 0.477 e. The van der Waals surface area contributed by atoms with E-state index in [4.69, 9.17) is 4.52 Å². The summed E-state index contributed by atoms with van der Waals surface area (Å²) >= 11 is 0. The minimum Gasteiger partial charge on any atom is -0.477 e. The molecule has 0 aliphatic carbocycles. The second kappa shape index (κ2) is 7.30. The van der Waals surface area contributed by atoms with Gasteiger partial charge in [0.05, 0.1) is 0 Å². The molecule has 0 bridgehead atoms. The van der Waals surface area contributed by atoms with Crippen LogP contribution in [0.2, 0.25) is 0 Å². The van der Waals surface area contributed by atoms with Crippen molar-refractivity contribution in [3.8, 4) is 11.3 Å². The van der Waals surface area contributed by atoms with Crippen LogP contribution in [-0.2, 0) is 7.05 Å². The summed E-state index contributed by atoms with van der Waals surface area (Å²) in [5.41, 5.74) is 0.674. The fraction of sp³-hybridized carbons (Fsp3) is 0.300. The fourth-order valence-corrected chi connectivity index (χ4v) is 3.65. The number of aromatic carboxylic acids is 1. The molecule has 144 valence electrons. The van der Waals surface area contributed by atoms with E-state index < -0.39 is 5.97 Å². The van der Waals surface area contributed by atoms with Gasteiger partial charge in [-0.3, -0.25) is 4.79 Å². The fourth-order valence-electron chi connectivity index (χ4n) is 3.65. The van der Waals surface area contributed by atoms with Crippen LogP contribution in [0.5, 0.6) is 0 Å². The van der Waals surface area contributed by atoms with Crippen LogP contribution >= 0.6 is 0 Å². The van der Waals surface area contributed by atoms with E-state index in [2.05, 4.69) is 10.1 Å². The molecule has 0 saturated carbocycles. The molecule has 1 N–H and O–H groups in total. The lowest BCUT2D eigenvalue weighted by molar-refractivity contribution is 0.0697. The van der Waals surface area contributed by atoms with Gasteiger partial charge >= 0.3 is 5.97 Å². The highest BCUT2D eigenvalue weighted by Gasteiger charge is 2.33. The van der Waals surface area contributed by atoms with Gasteiger partial charge in [-0.05, 0) is 12.8 Å². The average molecular weight is 380 g/mol. The van der Waals surface area contributed by atoms with Gasteiger partial charge in [0.2, 0.25) is 5.78 Å². The highest BCUT2D eigenvalue weighted by Crippen LogP contribution is 2.33. The number of hydrogen-bond donors (Lipinski definition) is 1. The average Bonchev–Trinajstić information content (AvgIpc) is 3.35. The van der Waals surface area contributed by atoms with Crippen molar-refractivity contribution in [3.63, 3.8) is 0 Å². The molecule has 3 aromatic rings. The number of anilines is 1. The Morgan fingerprint density at radius 2 is 2.04 bits per heavy atom. The molecular formula is C20H20N4O4. The van der Waals surface area contributed by atoms with E-state index in [1.54, 1.807) is 36.1 Å². The summed E-state index contributed by atoms with van der Waals surface area (Å²) < 4.78 is 7.11. The molecule has 1 aliphatic heterocycles. The minimum atomic E-state index is -1.10. The van der Waals surface area contributed by atoms with Gasteiger partial charge in [0.1, 0.15) is 0 Å². The lowest BCUT2D eigenvalue weighted by Crippen LogP contribution is -2.40. The monoisotopic (exact) mass is 380 g/mol. The van der Waals surface area contributed by atoms with Gasteiger partial charge in [0, 0.05) is 44.0 Å². The molecule has 1 saturated heterocycles. The second-order valence-electron chi connectivity index (χ2n) is 6.89. The Labute approximate surface area is 161 Å². The number of carboxylic acid groups (broad SMARTS) is 1. The number of hydrogen-bond acceptors (Lipinski definition) is 6. The molecule has 8 heteroatoms. The normalized spacial score (nSPS) is 16.9. The summed E-state index contributed by atoms with van der Waals surface area (Å²) in [5.74, 6) is -0.512. The first-order valence-electron chi connectivity index (χ1n) is 9.11. The van der Waals surface area contributed by atoms with Crippen molar-refractivity contribution in [2.45, 2.75) is 12.8 Å². The number of carbonyl (C=O) groups excluding carboxylic acids is 1. The van der Waals surface area contributed by atoms with E-state index in [-0.39, 0.29) is 28.8 Å². The third-order valence-electron chi connectivity index (χ3n) is 5.06. The zero-order valence-electron chi connectivity index (χ0n) is 15.4. The summed E-state index contributed by atoms with van der Waals surface area (Å²) in [6.07, 6.45) is 4.82. The number of carbonyl (C=O) groups is 2.